The van der Waals surface area contributed by atoms with Crippen molar-refractivity contribution < 1.29 is 9.18 Å². The van der Waals surface area contributed by atoms with Crippen LogP contribution in [0.2, 0.25) is 5.02 Å². The second kappa shape index (κ2) is 4.39. The quantitative estimate of drug-likeness (QED) is 0.855. The Morgan fingerprint density at radius 1 is 1.56 bits per heavy atom. The molecule has 0 aliphatic carbocycles. The average Bonchev–Trinajstić information content (AvgIpc) is 2.58. The molecule has 0 aromatic heterocycles. The van der Waals surface area contributed by atoms with Crippen LogP contribution in [-0.4, -0.2) is 12.5 Å². The summed E-state index contributed by atoms with van der Waals surface area (Å²) in [4.78, 5) is 11.6. The summed E-state index contributed by atoms with van der Waals surface area (Å²) in [5.74, 6) is -0.794. The van der Waals surface area contributed by atoms with Crippen molar-refractivity contribution in [2.45, 2.75) is 19.4 Å². The summed E-state index contributed by atoms with van der Waals surface area (Å²) in [5, 5.41) is 5.59. The summed E-state index contributed by atoms with van der Waals surface area (Å²) in [6, 6.07) is 2.67. The monoisotopic (exact) mass is 242 g/mol. The van der Waals surface area contributed by atoms with Crippen LogP contribution in [0.15, 0.2) is 12.1 Å². The Bertz CT molecular complexity index is 436. The van der Waals surface area contributed by atoms with E-state index in [1.807, 2.05) is 6.92 Å². The Hall–Kier alpha value is -1.13. The van der Waals surface area contributed by atoms with Gasteiger partial charge in [-0.3, -0.25) is 4.79 Å². The first-order valence-corrected chi connectivity index (χ1v) is 5.55. The Morgan fingerprint density at radius 3 is 3.00 bits per heavy atom. The zero-order valence-corrected chi connectivity index (χ0v) is 9.57. The number of fused-ring (bicyclic) bond motifs is 1. The van der Waals surface area contributed by atoms with E-state index in [-0.39, 0.29) is 16.6 Å². The normalized spacial score (nSPS) is 18.4. The van der Waals surface area contributed by atoms with Gasteiger partial charge < -0.3 is 10.6 Å². The van der Waals surface area contributed by atoms with Gasteiger partial charge >= 0.3 is 0 Å². The van der Waals surface area contributed by atoms with Crippen LogP contribution in [0.5, 0.6) is 0 Å². The zero-order chi connectivity index (χ0) is 11.7. The number of rotatable bonds is 3. The first-order valence-electron chi connectivity index (χ1n) is 5.17. The molecule has 0 bridgehead atoms. The molecule has 0 spiro atoms. The third kappa shape index (κ3) is 1.79. The minimum absolute atomic E-state index is 0.0233. The Labute approximate surface area is 98.0 Å². The molecule has 2 N–H and O–H groups in total. The minimum Gasteiger partial charge on any atom is -0.322 e. The Morgan fingerprint density at radius 2 is 2.31 bits per heavy atom. The van der Waals surface area contributed by atoms with Crippen molar-refractivity contribution in [2.24, 2.45) is 0 Å². The maximum absolute atomic E-state index is 13.6. The number of nitrogens with one attached hydrogen (secondary N) is 2. The molecule has 0 radical (unpaired) electrons. The Balaban J connectivity index is 2.35. The van der Waals surface area contributed by atoms with Crippen LogP contribution in [0.3, 0.4) is 0 Å². The lowest BCUT2D eigenvalue weighted by atomic mass is 10.1. The van der Waals surface area contributed by atoms with Gasteiger partial charge in [0.25, 0.3) is 0 Å². The van der Waals surface area contributed by atoms with E-state index < -0.39 is 11.9 Å². The number of benzene rings is 1. The molecule has 1 aromatic rings. The molecule has 1 aromatic carbocycles. The maximum atomic E-state index is 13.6. The number of hydrogen-bond donors (Lipinski definition) is 2. The molecular formula is C11H12ClFN2O. The SMILES string of the molecule is CCCNC1C(=O)Nc2c1ccc(Cl)c2F. The van der Waals surface area contributed by atoms with Gasteiger partial charge in [0.15, 0.2) is 5.82 Å². The van der Waals surface area contributed by atoms with Crippen molar-refractivity contribution >= 4 is 23.2 Å². The van der Waals surface area contributed by atoms with Crippen molar-refractivity contribution in [1.82, 2.24) is 5.32 Å². The highest BCUT2D eigenvalue weighted by atomic mass is 35.5. The molecule has 1 unspecified atom stereocenters. The summed E-state index contributed by atoms with van der Waals surface area (Å²) in [5.41, 5.74) is 0.825. The maximum Gasteiger partial charge on any atom is 0.246 e. The van der Waals surface area contributed by atoms with Crippen molar-refractivity contribution in [1.29, 1.82) is 0 Å². The second-order valence-electron chi connectivity index (χ2n) is 3.70. The van der Waals surface area contributed by atoms with Crippen LogP contribution in [0.1, 0.15) is 24.9 Å². The number of anilines is 1. The van der Waals surface area contributed by atoms with Gasteiger partial charge in [0.1, 0.15) is 6.04 Å². The third-order valence-corrected chi connectivity index (χ3v) is 2.84. The molecule has 1 atom stereocenters. The summed E-state index contributed by atoms with van der Waals surface area (Å²) < 4.78 is 13.6. The molecule has 0 fully saturated rings. The molecule has 1 aliphatic heterocycles. The van der Waals surface area contributed by atoms with Crippen molar-refractivity contribution in [3.63, 3.8) is 0 Å². The molecule has 0 saturated heterocycles. The number of halogens is 2. The number of amides is 1. The summed E-state index contributed by atoms with van der Waals surface area (Å²) in [6.07, 6.45) is 0.912. The molecule has 5 heteroatoms. The minimum atomic E-state index is -0.562. The van der Waals surface area contributed by atoms with Crippen LogP contribution in [0.25, 0.3) is 0 Å². The van der Waals surface area contributed by atoms with Gasteiger partial charge in [-0.1, -0.05) is 24.6 Å². The molecule has 1 amide bonds. The zero-order valence-electron chi connectivity index (χ0n) is 8.81. The first kappa shape index (κ1) is 11.4. The van der Waals surface area contributed by atoms with Gasteiger partial charge in [0.05, 0.1) is 10.7 Å². The molecule has 86 valence electrons. The number of carbonyl (C=O) groups is 1. The van der Waals surface area contributed by atoms with E-state index in [0.29, 0.717) is 12.1 Å². The molecule has 0 saturated carbocycles. The summed E-state index contributed by atoms with van der Waals surface area (Å²) >= 11 is 5.65. The molecule has 2 rings (SSSR count). The fourth-order valence-corrected chi connectivity index (χ4v) is 1.92. The Kier molecular flexibility index (Phi) is 3.12. The van der Waals surface area contributed by atoms with E-state index >= 15 is 0 Å². The average molecular weight is 243 g/mol. The molecule has 1 heterocycles. The number of carbonyl (C=O) groups excluding carboxylic acids is 1. The van der Waals surface area contributed by atoms with Gasteiger partial charge in [-0.25, -0.2) is 4.39 Å². The molecule has 3 nitrogen and oxygen atoms in total. The third-order valence-electron chi connectivity index (χ3n) is 2.55. The lowest BCUT2D eigenvalue weighted by molar-refractivity contribution is -0.117. The van der Waals surface area contributed by atoms with E-state index in [2.05, 4.69) is 10.6 Å². The fourth-order valence-electron chi connectivity index (χ4n) is 1.76. The predicted octanol–water partition coefficient (Wildman–Crippen LogP) is 2.47. The standard InChI is InChI=1S/C11H12ClFN2O/c1-2-5-14-10-6-3-4-7(12)8(13)9(6)15-11(10)16/h3-4,10,14H,2,5H2,1H3,(H,15,16). The van der Waals surface area contributed by atoms with E-state index in [4.69, 9.17) is 11.6 Å². The highest BCUT2D eigenvalue weighted by Crippen LogP contribution is 2.35. The summed E-state index contributed by atoms with van der Waals surface area (Å²) in [7, 11) is 0. The predicted molar refractivity (Wildman–Crippen MR) is 61.1 cm³/mol. The smallest absolute Gasteiger partial charge is 0.246 e. The lowest BCUT2D eigenvalue weighted by Crippen LogP contribution is -2.27. The van der Waals surface area contributed by atoms with Gasteiger partial charge in [0, 0.05) is 5.56 Å². The van der Waals surface area contributed by atoms with Crippen LogP contribution < -0.4 is 10.6 Å². The van der Waals surface area contributed by atoms with Gasteiger partial charge in [-0.2, -0.15) is 0 Å². The van der Waals surface area contributed by atoms with Gasteiger partial charge in [-0.05, 0) is 19.0 Å². The van der Waals surface area contributed by atoms with E-state index in [9.17, 15) is 9.18 Å². The van der Waals surface area contributed by atoms with Crippen LogP contribution in [-0.2, 0) is 4.79 Å². The van der Waals surface area contributed by atoms with E-state index in [1.54, 1.807) is 6.07 Å². The van der Waals surface area contributed by atoms with E-state index in [0.717, 1.165) is 6.42 Å². The molecule has 1 aliphatic rings. The highest BCUT2D eigenvalue weighted by molar-refractivity contribution is 6.31. The van der Waals surface area contributed by atoms with Crippen molar-refractivity contribution in [2.75, 3.05) is 11.9 Å². The summed E-state index contributed by atoms with van der Waals surface area (Å²) in [6.45, 7) is 2.71. The van der Waals surface area contributed by atoms with Crippen LogP contribution >= 0.6 is 11.6 Å². The number of hydrogen-bond acceptors (Lipinski definition) is 2. The van der Waals surface area contributed by atoms with Gasteiger partial charge in [-0.15, -0.1) is 0 Å². The van der Waals surface area contributed by atoms with Crippen LogP contribution in [0.4, 0.5) is 10.1 Å². The lowest BCUT2D eigenvalue weighted by Gasteiger charge is -2.10. The highest BCUT2D eigenvalue weighted by Gasteiger charge is 2.32. The fraction of sp³-hybridized carbons (Fsp3) is 0.364. The molecule has 16 heavy (non-hydrogen) atoms. The molecular weight excluding hydrogens is 231 g/mol. The van der Waals surface area contributed by atoms with Crippen molar-refractivity contribution in [3.8, 4) is 0 Å². The van der Waals surface area contributed by atoms with Crippen molar-refractivity contribution in [3.05, 3.63) is 28.5 Å². The topological polar surface area (TPSA) is 41.1 Å². The largest absolute Gasteiger partial charge is 0.322 e. The second-order valence-corrected chi connectivity index (χ2v) is 4.11. The van der Waals surface area contributed by atoms with E-state index in [1.165, 1.54) is 6.07 Å². The van der Waals surface area contributed by atoms with Crippen LogP contribution in [0, 0.1) is 5.82 Å². The van der Waals surface area contributed by atoms with Gasteiger partial charge in [0.2, 0.25) is 5.91 Å². The first-order chi connectivity index (χ1) is 7.65.